The number of nitrogens with one attached hydrogen (secondary N) is 1. The second-order valence-electron chi connectivity index (χ2n) is 9.14. The Balaban J connectivity index is 1.89. The summed E-state index contributed by atoms with van der Waals surface area (Å²) in [5.74, 6) is -2.80. The van der Waals surface area contributed by atoms with Crippen LogP contribution in [0.15, 0.2) is 71.4 Å². The number of esters is 4. The van der Waals surface area contributed by atoms with Crippen LogP contribution in [0, 0.1) is 0 Å². The van der Waals surface area contributed by atoms with Crippen molar-refractivity contribution in [3.63, 3.8) is 0 Å². The molecule has 0 aromatic heterocycles. The lowest BCUT2D eigenvalue weighted by Gasteiger charge is -2.29. The minimum Gasteiger partial charge on any atom is -0.461 e. The van der Waals surface area contributed by atoms with Gasteiger partial charge in [-0.25, -0.2) is 19.2 Å². The van der Waals surface area contributed by atoms with Crippen LogP contribution in [-0.2, 0) is 28.5 Å². The molecule has 1 aliphatic heterocycles. The third kappa shape index (κ3) is 8.41. The van der Waals surface area contributed by atoms with E-state index in [1.165, 1.54) is 17.2 Å². The van der Waals surface area contributed by atoms with Crippen LogP contribution >= 0.6 is 11.6 Å². The molecule has 1 N–H and O–H groups in total. The molecule has 0 saturated heterocycles. The van der Waals surface area contributed by atoms with Crippen molar-refractivity contribution in [1.82, 2.24) is 0 Å². The van der Waals surface area contributed by atoms with Gasteiger partial charge in [-0.3, -0.25) is 10.4 Å². The van der Waals surface area contributed by atoms with Gasteiger partial charge in [-0.1, -0.05) is 48.5 Å². The Morgan fingerprint density at radius 2 is 1.63 bits per heavy atom. The number of halogens is 1. The third-order valence-corrected chi connectivity index (χ3v) is 6.39. The topological polar surface area (TPSA) is 145 Å². The van der Waals surface area contributed by atoms with Crippen LogP contribution in [0.25, 0.3) is 0 Å². The summed E-state index contributed by atoms with van der Waals surface area (Å²) < 4.78 is 21.2. The molecule has 0 fully saturated rings. The minimum absolute atomic E-state index is 0.0685. The third-order valence-electron chi connectivity index (χ3n) is 6.15. The van der Waals surface area contributed by atoms with E-state index in [-0.39, 0.29) is 42.2 Å². The molecule has 1 heterocycles. The van der Waals surface area contributed by atoms with Crippen molar-refractivity contribution in [2.45, 2.75) is 52.4 Å². The van der Waals surface area contributed by atoms with E-state index < -0.39 is 47.3 Å². The standard InChI is InChI=1S/C30H33ClN4O8/c1-6-18(4)42-28(37)21-14-10-12-16-24(21)35-25(17-23(34-35)29(38)40-7-2)19(5)43-27(36)20-13-9-11-15-22(20)32-33-26(31)30(39)41-8-3/h6,9-16,18-19,25,32H,1,7-8,17H2,2-5H3/b33-26+/t18?,19-,25-/m1/s1. The summed E-state index contributed by atoms with van der Waals surface area (Å²) in [5.41, 5.74) is 3.55. The molecular formula is C30H33ClN4O8. The van der Waals surface area contributed by atoms with E-state index in [0.717, 1.165) is 0 Å². The van der Waals surface area contributed by atoms with Crippen molar-refractivity contribution < 1.29 is 38.1 Å². The van der Waals surface area contributed by atoms with E-state index in [4.69, 9.17) is 30.5 Å². The summed E-state index contributed by atoms with van der Waals surface area (Å²) >= 11 is 5.87. The number of carbonyl (C=O) groups is 4. The zero-order chi connectivity index (χ0) is 31.5. The summed E-state index contributed by atoms with van der Waals surface area (Å²) in [6, 6.07) is 12.2. The molecule has 0 aliphatic carbocycles. The molecule has 13 heteroatoms. The summed E-state index contributed by atoms with van der Waals surface area (Å²) in [4.78, 5) is 50.8. The first kappa shape index (κ1) is 32.8. The normalized spacial score (nSPS) is 15.9. The van der Waals surface area contributed by atoms with Crippen molar-refractivity contribution in [2.75, 3.05) is 23.6 Å². The van der Waals surface area contributed by atoms with Crippen molar-refractivity contribution in [2.24, 2.45) is 10.2 Å². The van der Waals surface area contributed by atoms with E-state index in [0.29, 0.717) is 5.69 Å². The Bertz CT molecular complexity index is 1430. The highest BCUT2D eigenvalue weighted by Crippen LogP contribution is 2.32. The first-order chi connectivity index (χ1) is 20.6. The number of hydrogen-bond donors (Lipinski definition) is 1. The van der Waals surface area contributed by atoms with Gasteiger partial charge in [-0.05, 0) is 52.0 Å². The fraction of sp³-hybridized carbons (Fsp3) is 0.333. The molecule has 1 aliphatic rings. The van der Waals surface area contributed by atoms with Crippen molar-refractivity contribution in [1.29, 1.82) is 0 Å². The molecule has 0 bridgehead atoms. The quantitative estimate of drug-likeness (QED) is 0.111. The fourth-order valence-corrected chi connectivity index (χ4v) is 4.10. The van der Waals surface area contributed by atoms with E-state index in [2.05, 4.69) is 22.2 Å². The average molecular weight is 613 g/mol. The Hall–Kier alpha value is -4.71. The summed E-state index contributed by atoms with van der Waals surface area (Å²) in [6.45, 7) is 10.5. The number of hydrogen-bond acceptors (Lipinski definition) is 12. The number of anilines is 2. The fourth-order valence-electron chi connectivity index (χ4n) is 4.01. The number of carbonyl (C=O) groups excluding carboxylic acids is 4. The smallest absolute Gasteiger partial charge is 0.370 e. The first-order valence-electron chi connectivity index (χ1n) is 13.5. The molecule has 3 rings (SSSR count). The van der Waals surface area contributed by atoms with E-state index in [1.54, 1.807) is 70.2 Å². The minimum atomic E-state index is -0.848. The zero-order valence-electron chi connectivity index (χ0n) is 24.2. The Morgan fingerprint density at radius 1 is 1.00 bits per heavy atom. The lowest BCUT2D eigenvalue weighted by Crippen LogP contribution is -2.40. The van der Waals surface area contributed by atoms with E-state index in [1.807, 2.05) is 0 Å². The maximum absolute atomic E-state index is 13.3. The zero-order valence-corrected chi connectivity index (χ0v) is 25.0. The molecule has 1 unspecified atom stereocenters. The highest BCUT2D eigenvalue weighted by Gasteiger charge is 2.39. The lowest BCUT2D eigenvalue weighted by molar-refractivity contribution is -0.135. The van der Waals surface area contributed by atoms with Crippen LogP contribution < -0.4 is 10.4 Å². The highest BCUT2D eigenvalue weighted by atomic mass is 35.5. The Labute approximate surface area is 254 Å². The van der Waals surface area contributed by atoms with E-state index in [9.17, 15) is 19.2 Å². The van der Waals surface area contributed by atoms with Gasteiger partial charge in [0.05, 0.1) is 41.8 Å². The van der Waals surface area contributed by atoms with Gasteiger partial charge >= 0.3 is 23.9 Å². The van der Waals surface area contributed by atoms with Crippen molar-refractivity contribution in [3.8, 4) is 0 Å². The van der Waals surface area contributed by atoms with Gasteiger partial charge in [0.2, 0.25) is 5.17 Å². The molecule has 2 aromatic carbocycles. The van der Waals surface area contributed by atoms with Gasteiger partial charge in [0.25, 0.3) is 0 Å². The van der Waals surface area contributed by atoms with Crippen LogP contribution in [0.2, 0.25) is 0 Å². The van der Waals surface area contributed by atoms with Crippen LogP contribution in [0.4, 0.5) is 11.4 Å². The number of hydrazone groups is 2. The van der Waals surface area contributed by atoms with Crippen molar-refractivity contribution >= 4 is 57.7 Å². The predicted octanol–water partition coefficient (Wildman–Crippen LogP) is 4.69. The molecule has 12 nitrogen and oxygen atoms in total. The van der Waals surface area contributed by atoms with Gasteiger partial charge < -0.3 is 18.9 Å². The van der Waals surface area contributed by atoms with Gasteiger partial charge in [0.15, 0.2) is 0 Å². The second kappa shape index (κ2) is 15.5. The van der Waals surface area contributed by atoms with Gasteiger partial charge in [-0.2, -0.15) is 10.2 Å². The highest BCUT2D eigenvalue weighted by molar-refractivity contribution is 6.82. The maximum Gasteiger partial charge on any atom is 0.370 e. The number of ether oxygens (including phenoxy) is 4. The second-order valence-corrected chi connectivity index (χ2v) is 9.50. The first-order valence-corrected chi connectivity index (χ1v) is 13.9. The molecule has 0 radical (unpaired) electrons. The van der Waals surface area contributed by atoms with E-state index >= 15 is 0 Å². The number of nitrogens with zero attached hydrogens (tertiary/aromatic N) is 3. The van der Waals surface area contributed by atoms with Gasteiger partial charge in [0, 0.05) is 6.42 Å². The largest absolute Gasteiger partial charge is 0.461 e. The van der Waals surface area contributed by atoms with Crippen LogP contribution in [-0.4, -0.2) is 66.2 Å². The maximum atomic E-state index is 13.3. The summed E-state index contributed by atoms with van der Waals surface area (Å²) in [6.07, 6.45) is 0.164. The average Bonchev–Trinajstić information content (AvgIpc) is 3.46. The van der Waals surface area contributed by atoms with Crippen LogP contribution in [0.5, 0.6) is 0 Å². The number of para-hydroxylation sites is 2. The molecule has 43 heavy (non-hydrogen) atoms. The molecule has 2 aromatic rings. The van der Waals surface area contributed by atoms with Gasteiger partial charge in [0.1, 0.15) is 17.9 Å². The Kier molecular flexibility index (Phi) is 11.8. The Morgan fingerprint density at radius 3 is 2.30 bits per heavy atom. The predicted molar refractivity (Wildman–Crippen MR) is 161 cm³/mol. The summed E-state index contributed by atoms with van der Waals surface area (Å²) in [7, 11) is 0. The van der Waals surface area contributed by atoms with Gasteiger partial charge in [-0.15, -0.1) is 0 Å². The van der Waals surface area contributed by atoms with Crippen LogP contribution in [0.3, 0.4) is 0 Å². The molecule has 0 saturated carbocycles. The van der Waals surface area contributed by atoms with Crippen LogP contribution in [0.1, 0.15) is 54.8 Å². The molecule has 228 valence electrons. The lowest BCUT2D eigenvalue weighted by atomic mass is 10.0. The molecule has 3 atom stereocenters. The summed E-state index contributed by atoms with van der Waals surface area (Å²) in [5, 5.41) is 9.26. The molecular weight excluding hydrogens is 580 g/mol. The van der Waals surface area contributed by atoms with Crippen molar-refractivity contribution in [3.05, 3.63) is 72.3 Å². The molecule has 0 spiro atoms. The number of benzene rings is 2. The number of rotatable bonds is 13. The molecule has 0 amide bonds. The monoisotopic (exact) mass is 612 g/mol. The SMILES string of the molecule is C=CC(C)OC(=O)c1ccccc1N1N=C(C(=O)OCC)C[C@@H]1[C@@H](C)OC(=O)c1ccccc1N/N=C(/Cl)C(=O)OCC.